The number of hydrogen-bond acceptors (Lipinski definition) is 4. The van der Waals surface area contributed by atoms with Crippen LogP contribution in [-0.4, -0.2) is 10.2 Å². The van der Waals surface area contributed by atoms with Gasteiger partial charge in [0.05, 0.1) is 0 Å². The maximum atomic E-state index is 5.86. The van der Waals surface area contributed by atoms with Gasteiger partial charge in [-0.25, -0.2) is 5.84 Å². The molecule has 4 heteroatoms. The van der Waals surface area contributed by atoms with Crippen LogP contribution in [0.1, 0.15) is 45.4 Å². The van der Waals surface area contributed by atoms with E-state index < -0.39 is 0 Å². The molecule has 15 heavy (non-hydrogen) atoms. The number of hydrazine groups is 1. The quantitative estimate of drug-likeness (QED) is 0.291. The van der Waals surface area contributed by atoms with Crippen LogP contribution >= 0.6 is 11.9 Å². The second-order valence-electron chi connectivity index (χ2n) is 4.16. The highest BCUT2D eigenvalue weighted by molar-refractivity contribution is 7.97. The van der Waals surface area contributed by atoms with Crippen LogP contribution in [0.2, 0.25) is 0 Å². The molecule has 0 aliphatic heterocycles. The van der Waals surface area contributed by atoms with E-state index in [2.05, 4.69) is 6.92 Å². The van der Waals surface area contributed by atoms with E-state index in [0.29, 0.717) is 5.92 Å². The molecule has 0 saturated heterocycles. The molecule has 1 fully saturated rings. The van der Waals surface area contributed by atoms with Gasteiger partial charge in [-0.1, -0.05) is 26.2 Å². The normalized spacial score (nSPS) is 16.8. The lowest BCUT2D eigenvalue weighted by Crippen LogP contribution is -2.20. The first kappa shape index (κ1) is 12.7. The zero-order valence-corrected chi connectivity index (χ0v) is 10.4. The SMILES string of the molecule is CCCCCCSN(N)/C=C(\N)C1CC1. The van der Waals surface area contributed by atoms with Gasteiger partial charge in [0, 0.05) is 23.6 Å². The van der Waals surface area contributed by atoms with Gasteiger partial charge in [0.15, 0.2) is 0 Å². The Bertz CT molecular complexity index is 202. The van der Waals surface area contributed by atoms with E-state index in [0.717, 1.165) is 11.4 Å². The van der Waals surface area contributed by atoms with Crippen LogP contribution in [0.15, 0.2) is 11.9 Å². The van der Waals surface area contributed by atoms with Gasteiger partial charge in [-0.3, -0.25) is 4.41 Å². The molecule has 0 aromatic heterocycles. The molecule has 0 bridgehead atoms. The third-order valence-corrected chi connectivity index (χ3v) is 3.44. The predicted molar refractivity (Wildman–Crippen MR) is 67.6 cm³/mol. The molecule has 0 aromatic rings. The summed E-state index contributed by atoms with van der Waals surface area (Å²) in [7, 11) is 0. The minimum Gasteiger partial charge on any atom is -0.401 e. The molecule has 88 valence electrons. The summed E-state index contributed by atoms with van der Waals surface area (Å²) < 4.78 is 1.67. The van der Waals surface area contributed by atoms with Crippen molar-refractivity contribution < 1.29 is 0 Å². The van der Waals surface area contributed by atoms with E-state index in [9.17, 15) is 0 Å². The molecule has 0 amide bonds. The summed E-state index contributed by atoms with van der Waals surface area (Å²) in [4.78, 5) is 0. The fourth-order valence-corrected chi connectivity index (χ4v) is 2.15. The van der Waals surface area contributed by atoms with Crippen molar-refractivity contribution in [1.29, 1.82) is 0 Å². The van der Waals surface area contributed by atoms with Gasteiger partial charge in [0.25, 0.3) is 0 Å². The van der Waals surface area contributed by atoms with Gasteiger partial charge in [-0.2, -0.15) is 0 Å². The van der Waals surface area contributed by atoms with Gasteiger partial charge >= 0.3 is 0 Å². The van der Waals surface area contributed by atoms with Crippen LogP contribution in [0.25, 0.3) is 0 Å². The van der Waals surface area contributed by atoms with Crippen molar-refractivity contribution in [2.24, 2.45) is 17.5 Å². The monoisotopic (exact) mass is 229 g/mol. The lowest BCUT2D eigenvalue weighted by atomic mass is 10.2. The first-order chi connectivity index (χ1) is 7.24. The molecule has 3 nitrogen and oxygen atoms in total. The average Bonchev–Trinajstić information content (AvgIpc) is 3.00. The molecule has 1 saturated carbocycles. The number of rotatable bonds is 8. The Kier molecular flexibility index (Phi) is 5.95. The Morgan fingerprint density at radius 1 is 1.40 bits per heavy atom. The molecule has 0 heterocycles. The van der Waals surface area contributed by atoms with Crippen molar-refractivity contribution in [1.82, 2.24) is 4.41 Å². The van der Waals surface area contributed by atoms with Crippen LogP contribution < -0.4 is 11.6 Å². The number of allylic oxidation sites excluding steroid dienone is 1. The molecule has 1 rings (SSSR count). The highest BCUT2D eigenvalue weighted by Gasteiger charge is 2.24. The molecule has 1 aliphatic carbocycles. The summed E-state index contributed by atoms with van der Waals surface area (Å²) in [6, 6.07) is 0. The van der Waals surface area contributed by atoms with Crippen molar-refractivity contribution in [3.63, 3.8) is 0 Å². The Morgan fingerprint density at radius 3 is 2.73 bits per heavy atom. The Labute approximate surface area is 97.4 Å². The molecule has 1 aliphatic rings. The van der Waals surface area contributed by atoms with E-state index >= 15 is 0 Å². The van der Waals surface area contributed by atoms with E-state index in [4.69, 9.17) is 11.6 Å². The Hall–Kier alpha value is -0.350. The first-order valence-electron chi connectivity index (χ1n) is 5.88. The first-order valence-corrected chi connectivity index (χ1v) is 6.82. The number of hydrogen-bond donors (Lipinski definition) is 2. The van der Waals surface area contributed by atoms with Crippen molar-refractivity contribution in [3.8, 4) is 0 Å². The standard InChI is InChI=1S/C11H23N3S/c1-2-3-4-5-8-15-14(13)9-11(12)10-6-7-10/h9-10H,2-8,12-13H2,1H3/b11-9-. The topological polar surface area (TPSA) is 55.3 Å². The summed E-state index contributed by atoms with van der Waals surface area (Å²) >= 11 is 1.66. The van der Waals surface area contributed by atoms with Crippen LogP contribution in [0.3, 0.4) is 0 Å². The average molecular weight is 229 g/mol. The second-order valence-corrected chi connectivity index (χ2v) is 5.25. The van der Waals surface area contributed by atoms with Crippen LogP contribution in [0.4, 0.5) is 0 Å². The molecule has 0 aromatic carbocycles. The third kappa shape index (κ3) is 5.95. The minimum atomic E-state index is 0.608. The summed E-state index contributed by atoms with van der Waals surface area (Å²) in [6.45, 7) is 2.22. The molecule has 4 N–H and O–H groups in total. The second kappa shape index (κ2) is 7.01. The summed E-state index contributed by atoms with van der Waals surface area (Å²) in [5.41, 5.74) is 6.80. The van der Waals surface area contributed by atoms with Gasteiger partial charge in [-0.15, -0.1) is 0 Å². The number of unbranched alkanes of at least 4 members (excludes halogenated alkanes) is 3. The zero-order valence-electron chi connectivity index (χ0n) is 9.61. The molecule has 0 spiro atoms. The van der Waals surface area contributed by atoms with Crippen LogP contribution in [-0.2, 0) is 0 Å². The van der Waals surface area contributed by atoms with Gasteiger partial charge in [0.2, 0.25) is 0 Å². The van der Waals surface area contributed by atoms with E-state index in [-0.39, 0.29) is 0 Å². The van der Waals surface area contributed by atoms with Crippen molar-refractivity contribution >= 4 is 11.9 Å². The fraction of sp³-hybridized carbons (Fsp3) is 0.818. The maximum absolute atomic E-state index is 5.86. The van der Waals surface area contributed by atoms with Crippen LogP contribution in [0, 0.1) is 5.92 Å². The summed E-state index contributed by atoms with van der Waals surface area (Å²) in [6.07, 6.45) is 9.50. The molecular weight excluding hydrogens is 206 g/mol. The molecular formula is C11H23N3S. The lowest BCUT2D eigenvalue weighted by molar-refractivity contribution is 0.647. The largest absolute Gasteiger partial charge is 0.401 e. The van der Waals surface area contributed by atoms with Gasteiger partial charge in [-0.05, 0) is 31.2 Å². The lowest BCUT2D eigenvalue weighted by Gasteiger charge is -2.13. The van der Waals surface area contributed by atoms with E-state index in [1.165, 1.54) is 38.5 Å². The molecule has 0 atom stereocenters. The predicted octanol–water partition coefficient (Wildman–Crippen LogP) is 2.60. The number of nitrogens with zero attached hydrogens (tertiary/aromatic N) is 1. The van der Waals surface area contributed by atoms with Crippen molar-refractivity contribution in [2.45, 2.75) is 45.4 Å². The van der Waals surface area contributed by atoms with Crippen molar-refractivity contribution in [2.75, 3.05) is 5.75 Å². The smallest absolute Gasteiger partial charge is 0.0473 e. The minimum absolute atomic E-state index is 0.608. The van der Waals surface area contributed by atoms with E-state index in [1.807, 2.05) is 6.20 Å². The third-order valence-electron chi connectivity index (χ3n) is 2.56. The molecule has 0 radical (unpaired) electrons. The fourth-order valence-electron chi connectivity index (χ4n) is 1.41. The summed E-state index contributed by atoms with van der Waals surface area (Å²) in [5, 5.41) is 0. The van der Waals surface area contributed by atoms with Gasteiger partial charge in [0.1, 0.15) is 0 Å². The Morgan fingerprint density at radius 2 is 2.13 bits per heavy atom. The zero-order chi connectivity index (χ0) is 11.1. The molecule has 0 unspecified atom stereocenters. The Balaban J connectivity index is 2.02. The van der Waals surface area contributed by atoms with Crippen LogP contribution in [0.5, 0.6) is 0 Å². The van der Waals surface area contributed by atoms with Gasteiger partial charge < -0.3 is 5.73 Å². The summed E-state index contributed by atoms with van der Waals surface area (Å²) in [5.74, 6) is 7.49. The highest BCUT2D eigenvalue weighted by Crippen LogP contribution is 2.34. The van der Waals surface area contributed by atoms with Crippen molar-refractivity contribution in [3.05, 3.63) is 11.9 Å². The number of nitrogens with two attached hydrogens (primary N) is 2. The maximum Gasteiger partial charge on any atom is 0.0473 e. The highest BCUT2D eigenvalue weighted by atomic mass is 32.2. The van der Waals surface area contributed by atoms with E-state index in [1.54, 1.807) is 16.4 Å².